The van der Waals surface area contributed by atoms with Crippen LogP contribution in [0.4, 0.5) is 0 Å². The number of rotatable bonds is 6. The first-order valence-electron chi connectivity index (χ1n) is 3.95. The van der Waals surface area contributed by atoms with Gasteiger partial charge in [-0.3, -0.25) is 4.79 Å². The van der Waals surface area contributed by atoms with Crippen molar-refractivity contribution in [2.75, 3.05) is 12.4 Å². The number of ether oxygens (including phenoxy) is 1. The molecule has 0 atom stereocenters. The molecule has 0 amide bonds. The normalized spacial score (nSPS) is 10.7. The first-order chi connectivity index (χ1) is 6.24. The van der Waals surface area contributed by atoms with Gasteiger partial charge in [-0.1, -0.05) is 31.4 Å². The van der Waals surface area contributed by atoms with Crippen LogP contribution < -0.4 is 0 Å². The quantitative estimate of drug-likeness (QED) is 0.402. The van der Waals surface area contributed by atoms with E-state index in [1.165, 1.54) is 0 Å². The molecule has 0 bridgehead atoms. The van der Waals surface area contributed by atoms with Gasteiger partial charge in [-0.2, -0.15) is 12.6 Å². The second-order valence-electron chi connectivity index (χ2n) is 2.32. The molecule has 0 spiro atoms. The summed E-state index contributed by atoms with van der Waals surface area (Å²) in [5.74, 6) is 0.264. The first kappa shape index (κ1) is 12.0. The summed E-state index contributed by atoms with van der Waals surface area (Å²) in [5, 5.41) is 0. The molecule has 0 aliphatic heterocycles. The number of esters is 1. The Hall–Kier alpha value is -0.960. The van der Waals surface area contributed by atoms with Gasteiger partial charge >= 0.3 is 5.97 Å². The average Bonchev–Trinajstić information content (AvgIpc) is 2.12. The minimum atomic E-state index is -0.244. The monoisotopic (exact) mass is 198 g/mol. The fraction of sp³-hybridized carbons (Fsp3) is 0.300. The Balaban J connectivity index is 3.85. The van der Waals surface area contributed by atoms with Crippen molar-refractivity contribution in [3.8, 4) is 0 Å². The third-order valence-electron chi connectivity index (χ3n) is 1.31. The van der Waals surface area contributed by atoms with E-state index in [0.717, 1.165) is 5.57 Å². The molecule has 3 heteroatoms. The largest absolute Gasteiger partial charge is 0.461 e. The summed E-state index contributed by atoms with van der Waals surface area (Å²) >= 11 is 3.92. The molecule has 0 aromatic carbocycles. The van der Waals surface area contributed by atoms with Gasteiger partial charge in [0.1, 0.15) is 6.61 Å². The van der Waals surface area contributed by atoms with Crippen LogP contribution >= 0.6 is 12.6 Å². The minimum absolute atomic E-state index is 0.244. The second-order valence-corrected chi connectivity index (χ2v) is 2.76. The van der Waals surface area contributed by atoms with Crippen LogP contribution in [0.15, 0.2) is 37.0 Å². The van der Waals surface area contributed by atoms with E-state index in [2.05, 4.69) is 25.8 Å². The fourth-order valence-corrected chi connectivity index (χ4v) is 0.836. The van der Waals surface area contributed by atoms with E-state index in [1.807, 2.05) is 0 Å². The maximum absolute atomic E-state index is 10.9. The van der Waals surface area contributed by atoms with Crippen molar-refractivity contribution >= 4 is 18.6 Å². The molecule has 0 aliphatic carbocycles. The lowest BCUT2D eigenvalue weighted by Crippen LogP contribution is -2.07. The van der Waals surface area contributed by atoms with E-state index in [9.17, 15) is 4.79 Å². The van der Waals surface area contributed by atoms with Gasteiger partial charge in [0, 0.05) is 5.75 Å². The molecule has 0 saturated carbocycles. The van der Waals surface area contributed by atoms with E-state index in [4.69, 9.17) is 4.74 Å². The van der Waals surface area contributed by atoms with Crippen LogP contribution in [0.3, 0.4) is 0 Å². The Kier molecular flexibility index (Phi) is 7.11. The van der Waals surface area contributed by atoms with Crippen LogP contribution in [0, 0.1) is 0 Å². The van der Waals surface area contributed by atoms with Gasteiger partial charge in [0.05, 0.1) is 6.42 Å². The van der Waals surface area contributed by atoms with Crippen molar-refractivity contribution in [3.05, 3.63) is 37.0 Å². The molecule has 0 N–H and O–H groups in total. The van der Waals surface area contributed by atoms with Crippen molar-refractivity contribution < 1.29 is 9.53 Å². The van der Waals surface area contributed by atoms with Crippen LogP contribution in [0.5, 0.6) is 0 Å². The van der Waals surface area contributed by atoms with Crippen LogP contribution in [0.2, 0.25) is 0 Å². The number of carbonyl (C=O) groups is 1. The lowest BCUT2D eigenvalue weighted by molar-refractivity contribution is -0.142. The zero-order valence-corrected chi connectivity index (χ0v) is 8.43. The molecule has 0 fully saturated rings. The predicted molar refractivity (Wildman–Crippen MR) is 57.9 cm³/mol. The summed E-state index contributed by atoms with van der Waals surface area (Å²) in [6.45, 7) is 7.37. The molecule has 0 aromatic rings. The van der Waals surface area contributed by atoms with Gasteiger partial charge in [-0.15, -0.1) is 0 Å². The average molecular weight is 198 g/mol. The zero-order chi connectivity index (χ0) is 10.1. The van der Waals surface area contributed by atoms with E-state index < -0.39 is 0 Å². The third kappa shape index (κ3) is 6.22. The van der Waals surface area contributed by atoms with Crippen LogP contribution in [0.25, 0.3) is 0 Å². The zero-order valence-electron chi connectivity index (χ0n) is 7.53. The van der Waals surface area contributed by atoms with Gasteiger partial charge in [0.15, 0.2) is 0 Å². The number of hydrogen-bond acceptors (Lipinski definition) is 3. The van der Waals surface area contributed by atoms with Gasteiger partial charge < -0.3 is 4.74 Å². The smallest absolute Gasteiger partial charge is 0.306 e. The van der Waals surface area contributed by atoms with Gasteiger partial charge in [-0.05, 0) is 5.57 Å². The van der Waals surface area contributed by atoms with Gasteiger partial charge in [-0.25, -0.2) is 0 Å². The molecule has 13 heavy (non-hydrogen) atoms. The van der Waals surface area contributed by atoms with Crippen molar-refractivity contribution in [1.82, 2.24) is 0 Å². The predicted octanol–water partition coefficient (Wildman–Crippen LogP) is 2.15. The summed E-state index contributed by atoms with van der Waals surface area (Å²) in [4.78, 5) is 10.9. The summed E-state index contributed by atoms with van der Waals surface area (Å²) in [6, 6.07) is 0. The lowest BCUT2D eigenvalue weighted by atomic mass is 10.2. The number of allylic oxidation sites excluding steroid dienone is 2. The Bertz CT molecular complexity index is 219. The molecule has 0 rings (SSSR count). The summed E-state index contributed by atoms with van der Waals surface area (Å²) < 4.78 is 4.91. The van der Waals surface area contributed by atoms with Crippen LogP contribution in [-0.4, -0.2) is 18.3 Å². The maximum Gasteiger partial charge on any atom is 0.306 e. The standard InChI is InChI=1S/C10H14O2S/c1-3-5-9(4-2)8-12-10(11)6-7-13/h3-5,13H,1-2,6-8H2/b9-5+. The number of thiol groups is 1. The third-order valence-corrected chi connectivity index (χ3v) is 1.53. The molecular formula is C10H14O2S. The molecule has 0 heterocycles. The van der Waals surface area contributed by atoms with E-state index in [1.54, 1.807) is 18.2 Å². The molecule has 0 saturated heterocycles. The summed E-state index contributed by atoms with van der Waals surface area (Å²) in [5.41, 5.74) is 0.836. The number of hydrogen-bond donors (Lipinski definition) is 1. The Morgan fingerprint density at radius 3 is 2.62 bits per heavy atom. The molecule has 72 valence electrons. The molecule has 0 unspecified atom stereocenters. The Labute approximate surface area is 84.4 Å². The highest BCUT2D eigenvalue weighted by Crippen LogP contribution is 1.99. The maximum atomic E-state index is 10.9. The molecule has 0 aromatic heterocycles. The highest BCUT2D eigenvalue weighted by molar-refractivity contribution is 7.80. The topological polar surface area (TPSA) is 26.3 Å². The van der Waals surface area contributed by atoms with Crippen molar-refractivity contribution in [3.63, 3.8) is 0 Å². The van der Waals surface area contributed by atoms with Gasteiger partial charge in [0.25, 0.3) is 0 Å². The molecule has 2 nitrogen and oxygen atoms in total. The second kappa shape index (κ2) is 7.68. The first-order valence-corrected chi connectivity index (χ1v) is 4.58. The van der Waals surface area contributed by atoms with Crippen molar-refractivity contribution in [1.29, 1.82) is 0 Å². The molecule has 0 radical (unpaired) electrons. The van der Waals surface area contributed by atoms with Gasteiger partial charge in [0.2, 0.25) is 0 Å². The van der Waals surface area contributed by atoms with Crippen LogP contribution in [0.1, 0.15) is 6.42 Å². The summed E-state index contributed by atoms with van der Waals surface area (Å²) in [6.07, 6.45) is 5.35. The van der Waals surface area contributed by atoms with Crippen molar-refractivity contribution in [2.24, 2.45) is 0 Å². The van der Waals surface area contributed by atoms with Crippen molar-refractivity contribution in [2.45, 2.75) is 6.42 Å². The SMILES string of the molecule is C=C/C=C(\C=C)COC(=O)CCS. The lowest BCUT2D eigenvalue weighted by Gasteiger charge is -2.03. The fourth-order valence-electron chi connectivity index (χ4n) is 0.654. The number of carbonyl (C=O) groups excluding carboxylic acids is 1. The minimum Gasteiger partial charge on any atom is -0.461 e. The van der Waals surface area contributed by atoms with E-state index in [0.29, 0.717) is 12.2 Å². The van der Waals surface area contributed by atoms with Crippen LogP contribution in [-0.2, 0) is 9.53 Å². The molecular weight excluding hydrogens is 184 g/mol. The van der Waals surface area contributed by atoms with E-state index >= 15 is 0 Å². The molecule has 0 aliphatic rings. The van der Waals surface area contributed by atoms with E-state index in [-0.39, 0.29) is 12.6 Å². The highest BCUT2D eigenvalue weighted by atomic mass is 32.1. The Morgan fingerprint density at radius 1 is 1.46 bits per heavy atom. The Morgan fingerprint density at radius 2 is 2.15 bits per heavy atom. The summed E-state index contributed by atoms with van der Waals surface area (Å²) in [7, 11) is 0. The highest BCUT2D eigenvalue weighted by Gasteiger charge is 2.00.